The van der Waals surface area contributed by atoms with Crippen LogP contribution in [0.15, 0.2) is 30.3 Å². The van der Waals surface area contributed by atoms with Crippen LogP contribution in [0.25, 0.3) is 0 Å². The maximum atomic E-state index is 12.0. The molecular weight excluding hydrogens is 260 g/mol. The molecule has 6 heteroatoms. The van der Waals surface area contributed by atoms with E-state index >= 15 is 0 Å². The third kappa shape index (κ3) is 2.64. The van der Waals surface area contributed by atoms with Crippen molar-refractivity contribution in [3.05, 3.63) is 35.9 Å². The van der Waals surface area contributed by atoms with Gasteiger partial charge in [-0.25, -0.2) is 4.79 Å². The zero-order chi connectivity index (χ0) is 14.7. The lowest BCUT2D eigenvalue weighted by molar-refractivity contribution is -0.162. The van der Waals surface area contributed by atoms with Crippen LogP contribution in [0.3, 0.4) is 0 Å². The minimum Gasteiger partial charge on any atom is -0.467 e. The molecule has 1 fully saturated rings. The number of carbonyl (C=O) groups excluding carboxylic acids is 3. The maximum Gasteiger partial charge on any atom is 0.333 e. The average Bonchev–Trinajstić information content (AvgIpc) is 2.46. The first-order valence-corrected chi connectivity index (χ1v) is 6.25. The molecule has 2 unspecified atom stereocenters. The lowest BCUT2D eigenvalue weighted by Crippen LogP contribution is -2.65. The summed E-state index contributed by atoms with van der Waals surface area (Å²) in [5.41, 5.74) is 0.689. The molecule has 2 atom stereocenters. The summed E-state index contributed by atoms with van der Waals surface area (Å²) < 4.78 is 4.77. The van der Waals surface area contributed by atoms with Gasteiger partial charge in [0.25, 0.3) is 0 Å². The number of hydrogen-bond donors (Lipinski definition) is 1. The highest BCUT2D eigenvalue weighted by Gasteiger charge is 2.44. The van der Waals surface area contributed by atoms with Gasteiger partial charge in [-0.05, 0) is 5.56 Å². The van der Waals surface area contributed by atoms with E-state index in [1.54, 1.807) is 24.3 Å². The van der Waals surface area contributed by atoms with Crippen molar-refractivity contribution >= 4 is 17.8 Å². The van der Waals surface area contributed by atoms with Gasteiger partial charge in [0.2, 0.25) is 11.8 Å². The van der Waals surface area contributed by atoms with E-state index in [1.165, 1.54) is 18.9 Å². The van der Waals surface area contributed by atoms with E-state index in [0.717, 1.165) is 0 Å². The molecule has 106 valence electrons. The van der Waals surface area contributed by atoms with Crippen molar-refractivity contribution in [2.45, 2.75) is 19.0 Å². The number of hydrogen-bond acceptors (Lipinski definition) is 4. The summed E-state index contributed by atoms with van der Waals surface area (Å²) in [6.07, 6.45) is 0. The number of carbonyl (C=O) groups is 3. The minimum atomic E-state index is -0.765. The molecule has 0 aliphatic carbocycles. The van der Waals surface area contributed by atoms with Crippen molar-refractivity contribution < 1.29 is 19.1 Å². The molecule has 1 heterocycles. The number of nitrogens with zero attached hydrogens (tertiary/aromatic N) is 1. The van der Waals surface area contributed by atoms with Crippen molar-refractivity contribution in [2.75, 3.05) is 13.7 Å². The summed E-state index contributed by atoms with van der Waals surface area (Å²) in [6, 6.07) is 7.63. The van der Waals surface area contributed by atoms with E-state index in [2.05, 4.69) is 5.32 Å². The fourth-order valence-electron chi connectivity index (χ4n) is 2.23. The molecule has 0 spiro atoms. The molecule has 1 aromatic carbocycles. The van der Waals surface area contributed by atoms with Crippen molar-refractivity contribution in [2.24, 2.45) is 0 Å². The highest BCUT2D eigenvalue weighted by molar-refractivity contribution is 5.95. The topological polar surface area (TPSA) is 75.7 Å². The van der Waals surface area contributed by atoms with Crippen molar-refractivity contribution in [3.63, 3.8) is 0 Å². The third-order valence-corrected chi connectivity index (χ3v) is 3.19. The van der Waals surface area contributed by atoms with Crippen LogP contribution in [0.4, 0.5) is 0 Å². The van der Waals surface area contributed by atoms with E-state index < -0.39 is 18.1 Å². The number of rotatable bonds is 4. The molecule has 0 bridgehead atoms. The molecule has 1 saturated heterocycles. The summed E-state index contributed by atoms with van der Waals surface area (Å²) in [5.74, 6) is -1.04. The standard InChI is InChI=1S/C14H16N2O4/c1-9(17)15-11-8-16(13(11)18)12(14(19)20-2)10-6-4-3-5-7-10/h3-7,11-12H,8H2,1-2H3,(H,15,17). The predicted octanol–water partition coefficient (Wildman–Crippen LogP) is 0.248. The molecule has 6 nitrogen and oxygen atoms in total. The van der Waals surface area contributed by atoms with E-state index in [-0.39, 0.29) is 11.8 Å². The second-order valence-electron chi connectivity index (χ2n) is 4.58. The number of methoxy groups -OCH3 is 1. The van der Waals surface area contributed by atoms with Crippen LogP contribution in [0.2, 0.25) is 0 Å². The van der Waals surface area contributed by atoms with Gasteiger partial charge in [0, 0.05) is 6.92 Å². The molecule has 2 amide bonds. The number of nitrogens with one attached hydrogen (secondary N) is 1. The highest BCUT2D eigenvalue weighted by atomic mass is 16.5. The summed E-state index contributed by atoms with van der Waals surface area (Å²) in [6.45, 7) is 1.65. The van der Waals surface area contributed by atoms with Gasteiger partial charge in [-0.3, -0.25) is 9.59 Å². The Bertz CT molecular complexity index is 529. The van der Waals surface area contributed by atoms with Gasteiger partial charge >= 0.3 is 5.97 Å². The van der Waals surface area contributed by atoms with Gasteiger partial charge in [0.1, 0.15) is 6.04 Å². The molecule has 20 heavy (non-hydrogen) atoms. The van der Waals surface area contributed by atoms with Gasteiger partial charge in [-0.15, -0.1) is 0 Å². The van der Waals surface area contributed by atoms with Crippen LogP contribution in [-0.4, -0.2) is 42.4 Å². The summed E-state index contributed by atoms with van der Waals surface area (Å²) >= 11 is 0. The van der Waals surface area contributed by atoms with Crippen molar-refractivity contribution in [1.82, 2.24) is 10.2 Å². The Morgan fingerprint density at radius 2 is 2.00 bits per heavy atom. The molecule has 1 aliphatic rings. The van der Waals surface area contributed by atoms with Crippen molar-refractivity contribution in [3.8, 4) is 0 Å². The zero-order valence-electron chi connectivity index (χ0n) is 11.3. The fourth-order valence-corrected chi connectivity index (χ4v) is 2.23. The van der Waals surface area contributed by atoms with Crippen LogP contribution in [0.5, 0.6) is 0 Å². The third-order valence-electron chi connectivity index (χ3n) is 3.19. The van der Waals surface area contributed by atoms with E-state index in [4.69, 9.17) is 4.74 Å². The Morgan fingerprint density at radius 3 is 2.50 bits per heavy atom. The Balaban J connectivity index is 2.17. The van der Waals surface area contributed by atoms with Crippen LogP contribution < -0.4 is 5.32 Å². The number of benzene rings is 1. The molecule has 0 radical (unpaired) electrons. The van der Waals surface area contributed by atoms with Crippen LogP contribution >= 0.6 is 0 Å². The maximum absolute atomic E-state index is 12.0. The molecule has 0 aromatic heterocycles. The molecule has 1 N–H and O–H groups in total. The normalized spacial score (nSPS) is 19.0. The van der Waals surface area contributed by atoms with Crippen LogP contribution in [-0.2, 0) is 19.1 Å². The molecule has 1 aliphatic heterocycles. The number of esters is 1. The number of likely N-dealkylation sites (tertiary alicyclic amines) is 1. The Morgan fingerprint density at radius 1 is 1.35 bits per heavy atom. The number of amides is 2. The first-order chi connectivity index (χ1) is 9.54. The first kappa shape index (κ1) is 14.0. The lowest BCUT2D eigenvalue weighted by Gasteiger charge is -2.42. The Kier molecular flexibility index (Phi) is 4.02. The molecule has 1 aromatic rings. The Labute approximate surface area is 116 Å². The SMILES string of the molecule is COC(=O)C(c1ccccc1)N1CC(NC(C)=O)C1=O. The van der Waals surface area contributed by atoms with E-state index in [1.807, 2.05) is 6.07 Å². The summed E-state index contributed by atoms with van der Waals surface area (Å²) in [7, 11) is 1.29. The van der Waals surface area contributed by atoms with Gasteiger partial charge < -0.3 is 15.0 Å². The summed E-state index contributed by atoms with van der Waals surface area (Å²) in [4.78, 5) is 36.3. The van der Waals surface area contributed by atoms with Crippen LogP contribution in [0.1, 0.15) is 18.5 Å². The zero-order valence-corrected chi connectivity index (χ0v) is 11.3. The first-order valence-electron chi connectivity index (χ1n) is 6.25. The molecule has 0 saturated carbocycles. The quantitative estimate of drug-likeness (QED) is 0.631. The van der Waals surface area contributed by atoms with E-state index in [9.17, 15) is 14.4 Å². The molecular formula is C14H16N2O4. The largest absolute Gasteiger partial charge is 0.467 e. The number of ether oxygens (including phenoxy) is 1. The second-order valence-corrected chi connectivity index (χ2v) is 4.58. The van der Waals surface area contributed by atoms with Gasteiger partial charge in [0.15, 0.2) is 6.04 Å². The minimum absolute atomic E-state index is 0.266. The monoisotopic (exact) mass is 276 g/mol. The fraction of sp³-hybridized carbons (Fsp3) is 0.357. The van der Waals surface area contributed by atoms with Crippen LogP contribution in [0, 0.1) is 0 Å². The average molecular weight is 276 g/mol. The van der Waals surface area contributed by atoms with Gasteiger partial charge in [-0.1, -0.05) is 30.3 Å². The number of β-lactam (4-membered cyclic amide) rings is 1. The molecule has 2 rings (SSSR count). The highest BCUT2D eigenvalue weighted by Crippen LogP contribution is 2.28. The smallest absolute Gasteiger partial charge is 0.333 e. The van der Waals surface area contributed by atoms with Gasteiger partial charge in [0.05, 0.1) is 13.7 Å². The predicted molar refractivity (Wildman–Crippen MR) is 70.5 cm³/mol. The Hall–Kier alpha value is -2.37. The van der Waals surface area contributed by atoms with E-state index in [0.29, 0.717) is 12.1 Å². The lowest BCUT2D eigenvalue weighted by atomic mass is 9.98. The van der Waals surface area contributed by atoms with Gasteiger partial charge in [-0.2, -0.15) is 0 Å². The second kappa shape index (κ2) is 5.73. The van der Waals surface area contributed by atoms with Crippen molar-refractivity contribution in [1.29, 1.82) is 0 Å². The summed E-state index contributed by atoms with van der Waals surface area (Å²) in [5, 5.41) is 2.54.